The van der Waals surface area contributed by atoms with E-state index in [0.29, 0.717) is 0 Å². The molecule has 0 fully saturated rings. The number of thiophene rings is 2. The lowest BCUT2D eigenvalue weighted by atomic mass is 10.4. The van der Waals surface area contributed by atoms with E-state index in [9.17, 15) is 0 Å². The number of thioether (sulfide) groups is 4. The summed E-state index contributed by atoms with van der Waals surface area (Å²) in [6.07, 6.45) is 0. The normalized spacial score (nSPS) is 13.6. The highest BCUT2D eigenvalue weighted by Crippen LogP contribution is 2.35. The van der Waals surface area contributed by atoms with E-state index < -0.39 is 0 Å². The Balaban J connectivity index is 0.000000214. The fourth-order valence-electron chi connectivity index (χ4n) is 1.80. The summed E-state index contributed by atoms with van der Waals surface area (Å²) >= 11 is 19.6. The molecule has 0 saturated carbocycles. The van der Waals surface area contributed by atoms with Crippen molar-refractivity contribution in [1.29, 1.82) is 0 Å². The lowest BCUT2D eigenvalue weighted by Crippen LogP contribution is -1.85. The molecule has 0 bridgehead atoms. The third kappa shape index (κ3) is 12.6. The van der Waals surface area contributed by atoms with Crippen molar-refractivity contribution in [1.82, 2.24) is 0 Å². The highest BCUT2D eigenvalue weighted by atomic mass is 32.2. The van der Waals surface area contributed by atoms with Crippen LogP contribution in [0.5, 0.6) is 5.75 Å². The van der Waals surface area contributed by atoms with Crippen LogP contribution in [0.25, 0.3) is 0 Å². The SMILES string of the molecule is COc1cscc1C.SCCSCCS.c1scc2c1SCCSCCS2. The van der Waals surface area contributed by atoms with Crippen LogP contribution in [0.4, 0.5) is 0 Å². The Bertz CT molecular complexity index is 557. The zero-order valence-corrected chi connectivity index (χ0v) is 22.4. The van der Waals surface area contributed by atoms with Gasteiger partial charge in [0, 0.05) is 66.0 Å². The third-order valence-electron chi connectivity index (χ3n) is 3.06. The molecule has 0 unspecified atom stereocenters. The van der Waals surface area contributed by atoms with Gasteiger partial charge in [-0.3, -0.25) is 0 Å². The molecule has 3 rings (SSSR count). The van der Waals surface area contributed by atoms with Gasteiger partial charge in [-0.2, -0.15) is 60.1 Å². The van der Waals surface area contributed by atoms with E-state index in [2.05, 4.69) is 53.2 Å². The number of ether oxygens (including phenoxy) is 1. The minimum Gasteiger partial charge on any atom is -0.496 e. The van der Waals surface area contributed by atoms with Crippen LogP contribution in [-0.4, -0.2) is 53.1 Å². The van der Waals surface area contributed by atoms with E-state index in [1.54, 1.807) is 18.4 Å². The van der Waals surface area contributed by atoms with Crippen LogP contribution in [0, 0.1) is 6.92 Å². The smallest absolute Gasteiger partial charge is 0.132 e. The number of fused-ring (bicyclic) bond motifs is 1. The van der Waals surface area contributed by atoms with E-state index in [-0.39, 0.29) is 0 Å². The fraction of sp³-hybridized carbons (Fsp3) is 0.556. The van der Waals surface area contributed by atoms with E-state index in [4.69, 9.17) is 4.74 Å². The van der Waals surface area contributed by atoms with Crippen molar-refractivity contribution >= 4 is 95.0 Å². The van der Waals surface area contributed by atoms with Crippen molar-refractivity contribution in [2.45, 2.75) is 16.7 Å². The topological polar surface area (TPSA) is 9.23 Å². The Morgan fingerprint density at radius 2 is 1.44 bits per heavy atom. The number of aryl methyl sites for hydroxylation is 1. The Morgan fingerprint density at radius 3 is 1.85 bits per heavy atom. The molecule has 3 heterocycles. The first-order valence-corrected chi connectivity index (χ1v) is 15.9. The average Bonchev–Trinajstić information content (AvgIpc) is 3.31. The molecule has 2 aromatic heterocycles. The van der Waals surface area contributed by atoms with Crippen LogP contribution in [-0.2, 0) is 0 Å². The lowest BCUT2D eigenvalue weighted by Gasteiger charge is -1.97. The molecular formula is C18H28OS8. The van der Waals surface area contributed by atoms with Gasteiger partial charge in [0.2, 0.25) is 0 Å². The second-order valence-electron chi connectivity index (χ2n) is 5.09. The van der Waals surface area contributed by atoms with E-state index >= 15 is 0 Å². The van der Waals surface area contributed by atoms with Crippen LogP contribution in [0.3, 0.4) is 0 Å². The molecule has 0 amide bonds. The Labute approximate surface area is 200 Å². The Hall–Kier alpha value is 1.30. The quantitative estimate of drug-likeness (QED) is 0.317. The number of thiol groups is 2. The molecule has 0 aromatic carbocycles. The van der Waals surface area contributed by atoms with Crippen molar-refractivity contribution in [2.75, 3.05) is 53.1 Å². The molecule has 2 aromatic rings. The molecule has 1 aliphatic heterocycles. The maximum atomic E-state index is 5.00. The van der Waals surface area contributed by atoms with Gasteiger partial charge in [-0.15, -0.1) is 34.9 Å². The summed E-state index contributed by atoms with van der Waals surface area (Å²) in [4.78, 5) is 3.01. The van der Waals surface area contributed by atoms with Crippen molar-refractivity contribution in [2.24, 2.45) is 0 Å². The first kappa shape index (κ1) is 26.3. The number of rotatable bonds is 5. The molecule has 1 nitrogen and oxygen atoms in total. The van der Waals surface area contributed by atoms with Crippen molar-refractivity contribution < 1.29 is 4.74 Å². The van der Waals surface area contributed by atoms with Gasteiger partial charge in [-0.1, -0.05) is 0 Å². The van der Waals surface area contributed by atoms with Gasteiger partial charge in [0.25, 0.3) is 0 Å². The second kappa shape index (κ2) is 18.1. The van der Waals surface area contributed by atoms with Gasteiger partial charge in [-0.25, -0.2) is 0 Å². The molecular weight excluding hydrogens is 489 g/mol. The van der Waals surface area contributed by atoms with Crippen LogP contribution < -0.4 is 4.74 Å². The van der Waals surface area contributed by atoms with Crippen molar-refractivity contribution in [3.05, 3.63) is 27.1 Å². The summed E-state index contributed by atoms with van der Waals surface area (Å²) < 4.78 is 5.00. The number of hydrogen-bond donors (Lipinski definition) is 2. The van der Waals surface area contributed by atoms with Crippen molar-refractivity contribution in [3.8, 4) is 5.75 Å². The standard InChI is InChI=1S/C8H10S4.C6H8OS.C4H10S3/c1-3-11-7-5-10-6-8(7)12-4-2-9-1;1-5-3-8-4-6(5)7-2;5-1-3-7-4-2-6/h5-6H,1-4H2;3-4H,1-2H3;5-6H,1-4H2. The largest absolute Gasteiger partial charge is 0.496 e. The highest BCUT2D eigenvalue weighted by Gasteiger charge is 2.07. The molecule has 0 radical (unpaired) electrons. The Morgan fingerprint density at radius 1 is 0.889 bits per heavy atom. The van der Waals surface area contributed by atoms with Crippen LogP contribution in [0.15, 0.2) is 31.3 Å². The fourth-order valence-corrected chi connectivity index (χ4v) is 8.43. The van der Waals surface area contributed by atoms with Gasteiger partial charge in [0.15, 0.2) is 0 Å². The van der Waals surface area contributed by atoms with Gasteiger partial charge >= 0.3 is 0 Å². The summed E-state index contributed by atoms with van der Waals surface area (Å²) in [6, 6.07) is 0. The molecule has 1 aliphatic rings. The second-order valence-corrected chi connectivity index (χ2v) is 12.2. The van der Waals surface area contributed by atoms with E-state index in [1.807, 2.05) is 58.9 Å². The first-order valence-electron chi connectivity index (χ1n) is 8.48. The number of hydrogen-bond acceptors (Lipinski definition) is 9. The van der Waals surface area contributed by atoms with E-state index in [1.165, 1.54) is 38.4 Å². The lowest BCUT2D eigenvalue weighted by molar-refractivity contribution is 0.414. The van der Waals surface area contributed by atoms with E-state index in [0.717, 1.165) is 28.8 Å². The van der Waals surface area contributed by atoms with Crippen molar-refractivity contribution in [3.63, 3.8) is 0 Å². The predicted octanol–water partition coefficient (Wildman–Crippen LogP) is 7.32. The number of methoxy groups -OCH3 is 1. The maximum Gasteiger partial charge on any atom is 0.132 e. The molecule has 0 saturated heterocycles. The van der Waals surface area contributed by atoms with Gasteiger partial charge in [-0.05, 0) is 23.8 Å². The summed E-state index contributed by atoms with van der Waals surface area (Å²) in [5, 5.41) is 8.63. The van der Waals surface area contributed by atoms with Crippen LogP contribution in [0.2, 0.25) is 0 Å². The van der Waals surface area contributed by atoms with Gasteiger partial charge in [0.1, 0.15) is 5.75 Å². The Kier molecular flexibility index (Phi) is 17.7. The zero-order chi connectivity index (χ0) is 19.7. The molecule has 27 heavy (non-hydrogen) atoms. The summed E-state index contributed by atoms with van der Waals surface area (Å²) in [5.41, 5.74) is 1.22. The van der Waals surface area contributed by atoms with Crippen LogP contribution >= 0.6 is 95.0 Å². The maximum absolute atomic E-state index is 5.00. The molecule has 0 spiro atoms. The highest BCUT2D eigenvalue weighted by molar-refractivity contribution is 8.06. The molecule has 0 atom stereocenters. The minimum atomic E-state index is 0.985. The predicted molar refractivity (Wildman–Crippen MR) is 144 cm³/mol. The molecule has 0 N–H and O–H groups in total. The third-order valence-corrected chi connectivity index (χ3v) is 10.7. The monoisotopic (exact) mass is 516 g/mol. The van der Waals surface area contributed by atoms with Crippen LogP contribution in [0.1, 0.15) is 5.56 Å². The molecule has 9 heteroatoms. The summed E-state index contributed by atoms with van der Waals surface area (Å²) in [7, 11) is 1.69. The summed E-state index contributed by atoms with van der Waals surface area (Å²) in [6.45, 7) is 2.04. The first-order chi connectivity index (χ1) is 13.2. The van der Waals surface area contributed by atoms with Gasteiger partial charge in [0.05, 0.1) is 7.11 Å². The average molecular weight is 517 g/mol. The van der Waals surface area contributed by atoms with Gasteiger partial charge < -0.3 is 4.74 Å². The molecule has 154 valence electrons. The zero-order valence-electron chi connectivity index (χ0n) is 15.7. The minimum absolute atomic E-state index is 0.985. The summed E-state index contributed by atoms with van der Waals surface area (Å²) in [5.74, 6) is 10.4. The molecule has 0 aliphatic carbocycles.